The summed E-state index contributed by atoms with van der Waals surface area (Å²) in [5.41, 5.74) is 5.41. The molecule has 7 amide bonds. The van der Waals surface area contributed by atoms with Crippen molar-refractivity contribution in [2.45, 2.75) is 256 Å². The lowest BCUT2D eigenvalue weighted by atomic mass is 10.0. The lowest BCUT2D eigenvalue weighted by Gasteiger charge is -2.24. The second-order valence-corrected chi connectivity index (χ2v) is 19.0. The fourth-order valence-electron chi connectivity index (χ4n) is 8.14. The number of nitrogens with one attached hydrogen (secondary N) is 6. The van der Waals surface area contributed by atoms with Gasteiger partial charge in [-0.2, -0.15) is 0 Å². The number of carbonyl (C=O) groups is 10. The number of aliphatic carboxylic acids is 2. The maximum atomic E-state index is 13.8. The standard InChI is InChI=1S/C52H93N7O12/c1-3-5-7-9-11-13-15-17-19-21-23-25-27-32-45(62)54-34-30-29-31-41(57-46(63)33-28-26-24-22-20-18-16-14-12-10-8-6-4-2)51(70)58-42(36-44(53)61)52(71)59-43(37-49(67)68)50(69)55-38-47(64)56-40(39-60)35-48(65)66/h39-43H,3-38H2,1-2H3,(H2,53,61)(H,54,62)(H,55,69)(H,56,64)(H,57,63)(H,58,70)(H,59,71)(H,65,66)(H,67,68)/t40-,41-,42-,43-/m0/s1. The summed E-state index contributed by atoms with van der Waals surface area (Å²) in [5.74, 6) is -8.51. The third-order valence-electron chi connectivity index (χ3n) is 12.3. The molecule has 0 bridgehead atoms. The minimum Gasteiger partial charge on any atom is -0.481 e. The van der Waals surface area contributed by atoms with E-state index in [1.807, 2.05) is 0 Å². The Hall–Kier alpha value is -5.10. The van der Waals surface area contributed by atoms with Crippen LogP contribution in [-0.4, -0.2) is 107 Å². The Bertz CT molecular complexity index is 1550. The zero-order valence-corrected chi connectivity index (χ0v) is 43.4. The minimum atomic E-state index is -1.82. The first-order valence-electron chi connectivity index (χ1n) is 27.0. The number of amides is 7. The van der Waals surface area contributed by atoms with Crippen LogP contribution in [0.5, 0.6) is 0 Å². The molecule has 0 aliphatic carbocycles. The summed E-state index contributed by atoms with van der Waals surface area (Å²) in [6, 6.07) is -6.10. The lowest BCUT2D eigenvalue weighted by Crippen LogP contribution is -2.58. The summed E-state index contributed by atoms with van der Waals surface area (Å²) in [6.45, 7) is 3.97. The zero-order valence-electron chi connectivity index (χ0n) is 43.4. The molecule has 0 rings (SSSR count). The number of aldehydes is 1. The fourth-order valence-corrected chi connectivity index (χ4v) is 8.14. The predicted molar refractivity (Wildman–Crippen MR) is 273 cm³/mol. The maximum absolute atomic E-state index is 13.8. The van der Waals surface area contributed by atoms with Crippen LogP contribution in [0.2, 0.25) is 0 Å². The minimum absolute atomic E-state index is 0.0609. The van der Waals surface area contributed by atoms with Crippen molar-refractivity contribution in [1.29, 1.82) is 0 Å². The number of unbranched alkanes of at least 4 members (excludes halogenated alkanes) is 25. The summed E-state index contributed by atoms with van der Waals surface area (Å²) in [7, 11) is 0. The van der Waals surface area contributed by atoms with Crippen LogP contribution in [0.3, 0.4) is 0 Å². The van der Waals surface area contributed by atoms with Gasteiger partial charge in [0, 0.05) is 19.4 Å². The van der Waals surface area contributed by atoms with Crippen LogP contribution in [0.25, 0.3) is 0 Å². The van der Waals surface area contributed by atoms with Gasteiger partial charge in [0.25, 0.3) is 0 Å². The van der Waals surface area contributed by atoms with Crippen molar-refractivity contribution >= 4 is 59.6 Å². The molecule has 408 valence electrons. The highest BCUT2D eigenvalue weighted by atomic mass is 16.4. The quantitative estimate of drug-likeness (QED) is 0.0239. The van der Waals surface area contributed by atoms with Gasteiger partial charge in [0.1, 0.15) is 24.4 Å². The Morgan fingerprint density at radius 1 is 0.423 bits per heavy atom. The monoisotopic (exact) mass is 1010 g/mol. The van der Waals surface area contributed by atoms with Crippen LogP contribution in [0.15, 0.2) is 0 Å². The van der Waals surface area contributed by atoms with E-state index in [2.05, 4.69) is 45.7 Å². The highest BCUT2D eigenvalue weighted by molar-refractivity contribution is 5.98. The first kappa shape index (κ1) is 65.9. The second-order valence-electron chi connectivity index (χ2n) is 19.0. The Balaban J connectivity index is 5.40. The number of nitrogens with two attached hydrogens (primary N) is 1. The lowest BCUT2D eigenvalue weighted by molar-refractivity contribution is -0.141. The highest BCUT2D eigenvalue weighted by Gasteiger charge is 2.32. The van der Waals surface area contributed by atoms with Crippen LogP contribution in [-0.2, 0) is 47.9 Å². The molecule has 71 heavy (non-hydrogen) atoms. The van der Waals surface area contributed by atoms with Crippen molar-refractivity contribution < 1.29 is 58.2 Å². The third kappa shape index (κ3) is 40.2. The van der Waals surface area contributed by atoms with Gasteiger partial charge in [0.2, 0.25) is 41.4 Å². The molecule has 0 aromatic rings. The summed E-state index contributed by atoms with van der Waals surface area (Å²) in [5, 5.41) is 32.8. The second kappa shape index (κ2) is 44.8. The van der Waals surface area contributed by atoms with Gasteiger partial charge < -0.3 is 52.6 Å². The molecule has 0 fully saturated rings. The molecule has 0 aliphatic heterocycles. The van der Waals surface area contributed by atoms with E-state index in [9.17, 15) is 53.1 Å². The van der Waals surface area contributed by atoms with E-state index in [0.29, 0.717) is 32.2 Å². The van der Waals surface area contributed by atoms with Gasteiger partial charge in [-0.15, -0.1) is 0 Å². The van der Waals surface area contributed by atoms with Crippen LogP contribution >= 0.6 is 0 Å². The average molecular weight is 1010 g/mol. The topological polar surface area (TPSA) is 309 Å². The van der Waals surface area contributed by atoms with Gasteiger partial charge >= 0.3 is 11.9 Å². The SMILES string of the molecule is CCCCCCCCCCCCCCCC(=O)NCCCC[C@H](NC(=O)CCCCCCCCCCCCCCC)C(=O)N[C@@H](CC(N)=O)C(=O)N[C@@H](CC(=O)O)C(=O)NCC(=O)N[C@H](C=O)CC(=O)O. The molecule has 0 aromatic heterocycles. The fraction of sp³-hybridized carbons (Fsp3) is 0.808. The van der Waals surface area contributed by atoms with Crippen molar-refractivity contribution in [2.75, 3.05) is 13.1 Å². The molecular weight excluding hydrogens is 915 g/mol. The van der Waals surface area contributed by atoms with Crippen LogP contribution in [0.1, 0.15) is 232 Å². The van der Waals surface area contributed by atoms with Gasteiger partial charge in [-0.3, -0.25) is 43.2 Å². The first-order chi connectivity index (χ1) is 34.1. The number of primary amides is 1. The molecular formula is C52H93N7O12. The molecule has 0 radical (unpaired) electrons. The van der Waals surface area contributed by atoms with Crippen LogP contribution < -0.4 is 37.6 Å². The molecule has 0 saturated heterocycles. The maximum Gasteiger partial charge on any atom is 0.305 e. The number of hydrogen-bond donors (Lipinski definition) is 9. The van der Waals surface area contributed by atoms with E-state index >= 15 is 0 Å². The Kier molecular flexibility index (Phi) is 41.6. The van der Waals surface area contributed by atoms with Crippen molar-refractivity contribution in [2.24, 2.45) is 5.73 Å². The van der Waals surface area contributed by atoms with Gasteiger partial charge in [-0.25, -0.2) is 0 Å². The molecule has 19 nitrogen and oxygen atoms in total. The van der Waals surface area contributed by atoms with Crippen LogP contribution in [0, 0.1) is 0 Å². The molecule has 0 aliphatic rings. The number of carboxylic acid groups (broad SMARTS) is 2. The van der Waals surface area contributed by atoms with Gasteiger partial charge in [-0.05, 0) is 32.1 Å². The number of rotatable bonds is 49. The predicted octanol–water partition coefficient (Wildman–Crippen LogP) is 6.31. The summed E-state index contributed by atoms with van der Waals surface area (Å²) in [6.07, 6.45) is 29.7. The van der Waals surface area contributed by atoms with Gasteiger partial charge in [-0.1, -0.05) is 168 Å². The van der Waals surface area contributed by atoms with E-state index < -0.39 is 91.4 Å². The Labute approximate surface area is 423 Å². The van der Waals surface area contributed by atoms with E-state index in [1.165, 1.54) is 116 Å². The van der Waals surface area contributed by atoms with Gasteiger partial charge in [0.05, 0.1) is 31.8 Å². The molecule has 0 spiro atoms. The normalized spacial score (nSPS) is 12.6. The molecule has 0 heterocycles. The van der Waals surface area contributed by atoms with E-state index in [0.717, 1.165) is 44.9 Å². The van der Waals surface area contributed by atoms with Crippen molar-refractivity contribution in [1.82, 2.24) is 31.9 Å². The number of carboxylic acids is 2. The molecule has 10 N–H and O–H groups in total. The van der Waals surface area contributed by atoms with Crippen molar-refractivity contribution in [3.8, 4) is 0 Å². The van der Waals surface area contributed by atoms with E-state index in [4.69, 9.17) is 10.8 Å². The van der Waals surface area contributed by atoms with E-state index in [-0.39, 0.29) is 30.9 Å². The largest absolute Gasteiger partial charge is 0.481 e. The molecule has 0 aromatic carbocycles. The summed E-state index contributed by atoms with van der Waals surface area (Å²) in [4.78, 5) is 124. The molecule has 4 atom stereocenters. The average Bonchev–Trinajstić information content (AvgIpc) is 3.31. The Morgan fingerprint density at radius 2 is 0.831 bits per heavy atom. The highest BCUT2D eigenvalue weighted by Crippen LogP contribution is 2.15. The van der Waals surface area contributed by atoms with Crippen LogP contribution in [0.4, 0.5) is 0 Å². The summed E-state index contributed by atoms with van der Waals surface area (Å²) < 4.78 is 0. The zero-order chi connectivity index (χ0) is 52.9. The third-order valence-corrected chi connectivity index (χ3v) is 12.3. The van der Waals surface area contributed by atoms with Gasteiger partial charge in [0.15, 0.2) is 0 Å². The van der Waals surface area contributed by atoms with Crippen molar-refractivity contribution in [3.63, 3.8) is 0 Å². The number of carbonyl (C=O) groups excluding carboxylic acids is 8. The van der Waals surface area contributed by atoms with E-state index in [1.54, 1.807) is 0 Å². The van der Waals surface area contributed by atoms with Crippen molar-refractivity contribution in [3.05, 3.63) is 0 Å². The number of hydrogen-bond acceptors (Lipinski definition) is 10. The first-order valence-corrected chi connectivity index (χ1v) is 27.0. The Morgan fingerprint density at radius 3 is 1.25 bits per heavy atom. The molecule has 19 heteroatoms. The summed E-state index contributed by atoms with van der Waals surface area (Å²) >= 11 is 0. The molecule has 0 unspecified atom stereocenters. The molecule has 0 saturated carbocycles. The smallest absolute Gasteiger partial charge is 0.305 e.